The van der Waals surface area contributed by atoms with Gasteiger partial charge in [0.25, 0.3) is 0 Å². The summed E-state index contributed by atoms with van der Waals surface area (Å²) >= 11 is 1.77. The number of aliphatic imine (C=N–C) groups is 1. The Morgan fingerprint density at radius 1 is 1.19 bits per heavy atom. The fourth-order valence-corrected chi connectivity index (χ4v) is 3.25. The third-order valence-corrected chi connectivity index (χ3v) is 4.51. The molecule has 0 aromatic carbocycles. The molecule has 156 valence electrons. The lowest BCUT2D eigenvalue weighted by atomic mass is 10.2. The molecule has 0 bridgehead atoms. The monoisotopic (exact) mass is 511 g/mol. The van der Waals surface area contributed by atoms with E-state index in [1.54, 1.807) is 18.4 Å². The minimum atomic E-state index is -0.470. The van der Waals surface area contributed by atoms with Gasteiger partial charge >= 0.3 is 6.09 Å². The third kappa shape index (κ3) is 11.4. The normalized spacial score (nSPS) is 11.6. The van der Waals surface area contributed by atoms with Crippen LogP contribution in [0.1, 0.15) is 49.7 Å². The molecule has 0 aliphatic carbocycles. The van der Waals surface area contributed by atoms with E-state index in [2.05, 4.69) is 39.8 Å². The molecular formula is C18H34IN5O2S. The summed E-state index contributed by atoms with van der Waals surface area (Å²) in [6, 6.07) is 0. The van der Waals surface area contributed by atoms with Gasteiger partial charge in [0, 0.05) is 38.0 Å². The Bertz CT molecular complexity index is 599. The van der Waals surface area contributed by atoms with Crippen LogP contribution in [0.2, 0.25) is 0 Å². The lowest BCUT2D eigenvalue weighted by molar-refractivity contribution is 0.0527. The first-order valence-electron chi connectivity index (χ1n) is 9.11. The highest BCUT2D eigenvalue weighted by Gasteiger charge is 2.15. The highest BCUT2D eigenvalue weighted by Crippen LogP contribution is 2.17. The van der Waals surface area contributed by atoms with Gasteiger partial charge in [-0.15, -0.1) is 35.3 Å². The summed E-state index contributed by atoms with van der Waals surface area (Å²) in [6.07, 6.45) is 2.26. The predicted molar refractivity (Wildman–Crippen MR) is 124 cm³/mol. The van der Waals surface area contributed by atoms with Gasteiger partial charge in [-0.05, 0) is 40.5 Å². The Balaban J connectivity index is 0.00000676. The molecule has 0 saturated carbocycles. The second-order valence-corrected chi connectivity index (χ2v) is 8.21. The molecule has 7 nitrogen and oxygen atoms in total. The molecule has 0 atom stereocenters. The number of aryl methyl sites for hydroxylation is 2. The summed E-state index contributed by atoms with van der Waals surface area (Å²) in [5.41, 5.74) is 0.729. The number of rotatable bonds is 8. The fourth-order valence-electron chi connectivity index (χ4n) is 2.23. The topological polar surface area (TPSA) is 87.6 Å². The highest BCUT2D eigenvalue weighted by atomic mass is 127. The summed E-state index contributed by atoms with van der Waals surface area (Å²) in [4.78, 5) is 21.7. The molecule has 27 heavy (non-hydrogen) atoms. The van der Waals surface area contributed by atoms with Crippen LogP contribution in [-0.4, -0.2) is 49.3 Å². The Morgan fingerprint density at radius 3 is 2.37 bits per heavy atom. The van der Waals surface area contributed by atoms with E-state index < -0.39 is 5.60 Å². The number of nitrogens with one attached hydrogen (secondary N) is 3. The van der Waals surface area contributed by atoms with E-state index in [1.807, 2.05) is 20.8 Å². The van der Waals surface area contributed by atoms with Crippen LogP contribution in [0.5, 0.6) is 0 Å². The average molecular weight is 511 g/mol. The largest absolute Gasteiger partial charge is 0.444 e. The van der Waals surface area contributed by atoms with Gasteiger partial charge < -0.3 is 20.7 Å². The number of amides is 1. The number of aromatic nitrogens is 1. The quantitative estimate of drug-likeness (QED) is 0.216. The number of carbonyl (C=O) groups excluding carboxylic acids is 1. The van der Waals surface area contributed by atoms with Crippen LogP contribution in [0.15, 0.2) is 4.99 Å². The number of halogens is 1. The summed E-state index contributed by atoms with van der Waals surface area (Å²) in [6.45, 7) is 11.8. The highest BCUT2D eigenvalue weighted by molar-refractivity contribution is 14.0. The third-order valence-electron chi connectivity index (χ3n) is 3.44. The minimum Gasteiger partial charge on any atom is -0.444 e. The molecule has 1 amide bonds. The van der Waals surface area contributed by atoms with Crippen molar-refractivity contribution < 1.29 is 9.53 Å². The first kappa shape index (κ1) is 25.9. The van der Waals surface area contributed by atoms with Crippen LogP contribution < -0.4 is 16.0 Å². The van der Waals surface area contributed by atoms with Crippen molar-refractivity contribution >= 4 is 47.4 Å². The summed E-state index contributed by atoms with van der Waals surface area (Å²) in [5, 5.41) is 10.4. The maximum atomic E-state index is 11.5. The number of nitrogens with zero attached hydrogens (tertiary/aromatic N) is 2. The van der Waals surface area contributed by atoms with Gasteiger partial charge in [0.1, 0.15) is 5.60 Å². The van der Waals surface area contributed by atoms with Gasteiger partial charge in [0.15, 0.2) is 5.96 Å². The summed E-state index contributed by atoms with van der Waals surface area (Å²) in [5.74, 6) is 0.756. The molecule has 3 N–H and O–H groups in total. The van der Waals surface area contributed by atoms with Crippen molar-refractivity contribution in [2.45, 2.75) is 59.5 Å². The van der Waals surface area contributed by atoms with Gasteiger partial charge in [0.2, 0.25) is 0 Å². The van der Waals surface area contributed by atoms with E-state index in [1.165, 1.54) is 10.6 Å². The summed E-state index contributed by atoms with van der Waals surface area (Å²) < 4.78 is 5.19. The van der Waals surface area contributed by atoms with E-state index in [9.17, 15) is 4.79 Å². The zero-order valence-corrected chi connectivity index (χ0v) is 20.4. The second-order valence-electron chi connectivity index (χ2n) is 6.92. The van der Waals surface area contributed by atoms with Crippen LogP contribution in [0.4, 0.5) is 4.79 Å². The molecule has 1 heterocycles. The molecule has 1 aromatic rings. The SMILES string of the molecule is CCc1nc(CCNC(=NC)NCCCNC(=O)OC(C)(C)C)sc1C.I. The summed E-state index contributed by atoms with van der Waals surface area (Å²) in [7, 11) is 1.75. The van der Waals surface area contributed by atoms with E-state index in [4.69, 9.17) is 4.74 Å². The molecule has 0 fully saturated rings. The zero-order valence-electron chi connectivity index (χ0n) is 17.3. The van der Waals surface area contributed by atoms with E-state index in [-0.39, 0.29) is 30.1 Å². The molecule has 1 rings (SSSR count). The first-order valence-corrected chi connectivity index (χ1v) is 9.93. The fraction of sp³-hybridized carbons (Fsp3) is 0.722. The van der Waals surface area contributed by atoms with Gasteiger partial charge in [-0.2, -0.15) is 0 Å². The van der Waals surface area contributed by atoms with Crippen LogP contribution in [0.25, 0.3) is 0 Å². The maximum absolute atomic E-state index is 11.5. The number of hydrogen-bond acceptors (Lipinski definition) is 5. The Morgan fingerprint density at radius 2 is 1.81 bits per heavy atom. The second kappa shape index (κ2) is 13.1. The van der Waals surface area contributed by atoms with Crippen molar-refractivity contribution in [3.8, 4) is 0 Å². The van der Waals surface area contributed by atoms with Gasteiger partial charge in [-0.3, -0.25) is 4.99 Å². The molecule has 0 aliphatic heterocycles. The molecule has 9 heteroatoms. The Kier molecular flexibility index (Phi) is 12.6. The molecule has 0 aliphatic rings. The van der Waals surface area contributed by atoms with E-state index in [0.29, 0.717) is 13.1 Å². The minimum absolute atomic E-state index is 0. The number of hydrogen-bond donors (Lipinski definition) is 3. The Hall–Kier alpha value is -1.10. The number of alkyl carbamates (subject to hydrolysis) is 1. The van der Waals surface area contributed by atoms with Crippen molar-refractivity contribution in [2.75, 3.05) is 26.7 Å². The van der Waals surface area contributed by atoms with Crippen LogP contribution >= 0.6 is 35.3 Å². The molecule has 0 spiro atoms. The number of guanidine groups is 1. The van der Waals surface area contributed by atoms with Gasteiger partial charge in [-0.1, -0.05) is 6.92 Å². The van der Waals surface area contributed by atoms with Crippen LogP contribution in [-0.2, 0) is 17.6 Å². The lowest BCUT2D eigenvalue weighted by Crippen LogP contribution is -2.40. The number of thiazole rings is 1. The molecule has 0 unspecified atom stereocenters. The zero-order chi connectivity index (χ0) is 19.6. The number of carbonyl (C=O) groups is 1. The van der Waals surface area contributed by atoms with Crippen LogP contribution in [0, 0.1) is 6.92 Å². The van der Waals surface area contributed by atoms with Gasteiger partial charge in [-0.25, -0.2) is 9.78 Å². The Labute approximate surface area is 184 Å². The van der Waals surface area contributed by atoms with E-state index >= 15 is 0 Å². The first-order chi connectivity index (χ1) is 12.2. The van der Waals surface area contributed by atoms with Crippen molar-refractivity contribution in [3.63, 3.8) is 0 Å². The average Bonchev–Trinajstić information content (AvgIpc) is 2.91. The van der Waals surface area contributed by atoms with Gasteiger partial charge in [0.05, 0.1) is 10.7 Å². The molecule has 1 aromatic heterocycles. The van der Waals surface area contributed by atoms with Crippen LogP contribution in [0.3, 0.4) is 0 Å². The van der Waals surface area contributed by atoms with E-state index in [0.717, 1.165) is 36.8 Å². The standard InChI is InChI=1S/C18H33N5O2S.HI/c1-7-14-13(2)26-15(23-14)9-12-21-16(19-6)20-10-8-11-22-17(24)25-18(3,4)5;/h7-12H2,1-6H3,(H,22,24)(H2,19,20,21);1H. The van der Waals surface area contributed by atoms with Crippen molar-refractivity contribution in [2.24, 2.45) is 4.99 Å². The molecule has 0 saturated heterocycles. The number of ether oxygens (including phenoxy) is 1. The molecule has 0 radical (unpaired) electrons. The predicted octanol–water partition coefficient (Wildman–Crippen LogP) is 3.25. The lowest BCUT2D eigenvalue weighted by Gasteiger charge is -2.19. The van der Waals surface area contributed by atoms with Crippen molar-refractivity contribution in [1.29, 1.82) is 0 Å². The maximum Gasteiger partial charge on any atom is 0.407 e. The van der Waals surface area contributed by atoms with Crippen molar-refractivity contribution in [3.05, 3.63) is 15.6 Å². The van der Waals surface area contributed by atoms with Crippen molar-refractivity contribution in [1.82, 2.24) is 20.9 Å². The molecular weight excluding hydrogens is 477 g/mol. The smallest absolute Gasteiger partial charge is 0.407 e.